The smallest absolute Gasteiger partial charge is 0.270 e. The van der Waals surface area contributed by atoms with Gasteiger partial charge in [0, 0.05) is 35.4 Å². The molecule has 0 saturated heterocycles. The van der Waals surface area contributed by atoms with E-state index in [-0.39, 0.29) is 17.2 Å². The van der Waals surface area contributed by atoms with Crippen LogP contribution < -0.4 is 0 Å². The molecule has 0 bridgehead atoms. The molecule has 0 aromatic heterocycles. The Balaban J connectivity index is 1.86. The van der Waals surface area contributed by atoms with E-state index in [1.165, 1.54) is 24.3 Å². The number of hydrogen-bond donors (Lipinski definition) is 0. The van der Waals surface area contributed by atoms with Gasteiger partial charge in [-0.15, -0.1) is 0 Å². The maximum atomic E-state index is 12.5. The minimum atomic E-state index is -0.480. The van der Waals surface area contributed by atoms with Crippen molar-refractivity contribution in [1.29, 1.82) is 0 Å². The van der Waals surface area contributed by atoms with E-state index in [4.69, 9.17) is 0 Å². The van der Waals surface area contributed by atoms with Crippen LogP contribution in [0.4, 0.5) is 11.4 Å². The lowest BCUT2D eigenvalue weighted by atomic mass is 10.1. The number of non-ortho nitro benzene ring substituents is 2. The summed E-state index contributed by atoms with van der Waals surface area (Å²) in [4.78, 5) is 33.3. The molecule has 2 aromatic carbocycles. The van der Waals surface area contributed by atoms with Gasteiger partial charge in [0.15, 0.2) is 5.78 Å². The molecule has 0 radical (unpaired) electrons. The van der Waals surface area contributed by atoms with Crippen molar-refractivity contribution in [3.8, 4) is 0 Å². The molecule has 26 heavy (non-hydrogen) atoms. The van der Waals surface area contributed by atoms with E-state index < -0.39 is 9.85 Å². The number of nitrogens with zero attached hydrogens (tertiary/aromatic N) is 2. The van der Waals surface area contributed by atoms with E-state index in [2.05, 4.69) is 0 Å². The van der Waals surface area contributed by atoms with E-state index in [0.717, 1.165) is 0 Å². The van der Waals surface area contributed by atoms with Crippen LogP contribution in [0, 0.1) is 20.2 Å². The molecule has 0 atom stereocenters. The molecule has 1 aliphatic rings. The molecular weight excluding hydrogens is 336 g/mol. The molecule has 0 unspecified atom stereocenters. The maximum absolute atomic E-state index is 12.5. The molecule has 0 amide bonds. The van der Waals surface area contributed by atoms with Crippen LogP contribution in [-0.2, 0) is 4.79 Å². The third-order valence-electron chi connectivity index (χ3n) is 4.09. The fraction of sp³-hybridized carbons (Fsp3) is 0.105. The molecule has 1 aliphatic carbocycles. The van der Waals surface area contributed by atoms with Crippen LogP contribution in [0.2, 0.25) is 0 Å². The zero-order chi connectivity index (χ0) is 18.7. The van der Waals surface area contributed by atoms with E-state index >= 15 is 0 Å². The van der Waals surface area contributed by atoms with Gasteiger partial charge in [0.25, 0.3) is 11.4 Å². The van der Waals surface area contributed by atoms with Gasteiger partial charge in [-0.25, -0.2) is 0 Å². The molecular formula is C19H14N2O5. The van der Waals surface area contributed by atoms with E-state index in [0.29, 0.717) is 35.1 Å². The Kier molecular flexibility index (Phi) is 4.70. The average Bonchev–Trinajstić information content (AvgIpc) is 2.95. The van der Waals surface area contributed by atoms with Crippen LogP contribution in [0.25, 0.3) is 12.2 Å². The molecule has 1 saturated carbocycles. The van der Waals surface area contributed by atoms with Gasteiger partial charge in [-0.05, 0) is 36.1 Å². The number of carbonyl (C=O) groups is 1. The number of rotatable bonds is 4. The topological polar surface area (TPSA) is 103 Å². The second-order valence-electron chi connectivity index (χ2n) is 5.87. The molecule has 7 heteroatoms. The highest BCUT2D eigenvalue weighted by Gasteiger charge is 2.23. The van der Waals surface area contributed by atoms with Crippen molar-refractivity contribution in [3.05, 3.63) is 91.0 Å². The minimum absolute atomic E-state index is 0.0304. The number of ketones is 1. The van der Waals surface area contributed by atoms with Crippen molar-refractivity contribution < 1.29 is 14.6 Å². The van der Waals surface area contributed by atoms with Gasteiger partial charge in [-0.3, -0.25) is 25.0 Å². The molecule has 3 rings (SSSR count). The fourth-order valence-electron chi connectivity index (χ4n) is 2.84. The number of hydrogen-bond acceptors (Lipinski definition) is 5. The van der Waals surface area contributed by atoms with Gasteiger partial charge in [-0.2, -0.15) is 0 Å². The molecule has 130 valence electrons. The first-order chi connectivity index (χ1) is 12.4. The quantitative estimate of drug-likeness (QED) is 0.464. The number of allylic oxidation sites excluding steroid dienone is 2. The Morgan fingerprint density at radius 1 is 0.769 bits per heavy atom. The lowest BCUT2D eigenvalue weighted by molar-refractivity contribution is -0.385. The van der Waals surface area contributed by atoms with Gasteiger partial charge >= 0.3 is 0 Å². The average molecular weight is 350 g/mol. The van der Waals surface area contributed by atoms with Crippen molar-refractivity contribution in [1.82, 2.24) is 0 Å². The van der Waals surface area contributed by atoms with Crippen molar-refractivity contribution >= 4 is 29.3 Å². The van der Waals surface area contributed by atoms with Crippen LogP contribution in [0.15, 0.2) is 59.7 Å². The Hall–Kier alpha value is -3.61. The standard InChI is InChI=1S/C19H14N2O5/c22-19-15(9-13-3-1-5-17(11-13)20(23)24)7-8-16(19)10-14-4-2-6-18(12-14)21(25)26/h1-6,9-12H,7-8H2/b15-9+,16-10+. The van der Waals surface area contributed by atoms with Crippen molar-refractivity contribution in [2.45, 2.75) is 12.8 Å². The van der Waals surface area contributed by atoms with Crippen molar-refractivity contribution in [2.24, 2.45) is 0 Å². The number of nitro groups is 2. The number of carbonyl (C=O) groups excluding carboxylic acids is 1. The molecule has 0 N–H and O–H groups in total. The SMILES string of the molecule is O=C1/C(=C/c2cccc([N+](=O)[O-])c2)CC/C1=C\c1cccc([N+](=O)[O-])c1. The summed E-state index contributed by atoms with van der Waals surface area (Å²) in [6.07, 6.45) is 4.37. The summed E-state index contributed by atoms with van der Waals surface area (Å²) < 4.78 is 0. The Morgan fingerprint density at radius 2 is 1.19 bits per heavy atom. The van der Waals surface area contributed by atoms with E-state index in [1.807, 2.05) is 0 Å². The number of benzene rings is 2. The minimum Gasteiger partial charge on any atom is -0.289 e. The first-order valence-electron chi connectivity index (χ1n) is 7.89. The van der Waals surface area contributed by atoms with Crippen molar-refractivity contribution in [2.75, 3.05) is 0 Å². The highest BCUT2D eigenvalue weighted by Crippen LogP contribution is 2.30. The molecule has 0 spiro atoms. The van der Waals surface area contributed by atoms with Crippen molar-refractivity contribution in [3.63, 3.8) is 0 Å². The highest BCUT2D eigenvalue weighted by atomic mass is 16.6. The Bertz CT molecular complexity index is 898. The van der Waals surface area contributed by atoms with Gasteiger partial charge in [0.2, 0.25) is 0 Å². The monoisotopic (exact) mass is 350 g/mol. The maximum Gasteiger partial charge on any atom is 0.270 e. The summed E-state index contributed by atoms with van der Waals surface area (Å²) in [5.74, 6) is -0.136. The van der Waals surface area contributed by atoms with Crippen LogP contribution in [-0.4, -0.2) is 15.6 Å². The summed E-state index contributed by atoms with van der Waals surface area (Å²) in [6, 6.07) is 12.2. The summed E-state index contributed by atoms with van der Waals surface area (Å²) in [7, 11) is 0. The van der Waals surface area contributed by atoms with Gasteiger partial charge < -0.3 is 0 Å². The Morgan fingerprint density at radius 3 is 1.58 bits per heavy atom. The zero-order valence-electron chi connectivity index (χ0n) is 13.6. The van der Waals surface area contributed by atoms with E-state index in [9.17, 15) is 25.0 Å². The molecule has 7 nitrogen and oxygen atoms in total. The first-order valence-corrected chi connectivity index (χ1v) is 7.89. The molecule has 0 aliphatic heterocycles. The van der Waals surface area contributed by atoms with Gasteiger partial charge in [0.1, 0.15) is 0 Å². The second-order valence-corrected chi connectivity index (χ2v) is 5.87. The van der Waals surface area contributed by atoms with Crippen LogP contribution >= 0.6 is 0 Å². The van der Waals surface area contributed by atoms with Gasteiger partial charge in [0.05, 0.1) is 9.85 Å². The predicted octanol–water partition coefficient (Wildman–Crippen LogP) is 4.33. The largest absolute Gasteiger partial charge is 0.289 e. The molecule has 0 heterocycles. The van der Waals surface area contributed by atoms with Crippen LogP contribution in [0.5, 0.6) is 0 Å². The first kappa shape index (κ1) is 17.2. The Labute approximate surface area is 148 Å². The summed E-state index contributed by atoms with van der Waals surface area (Å²) in [5, 5.41) is 21.7. The summed E-state index contributed by atoms with van der Waals surface area (Å²) in [5.41, 5.74) is 2.27. The van der Waals surface area contributed by atoms with Gasteiger partial charge in [-0.1, -0.05) is 24.3 Å². The fourth-order valence-corrected chi connectivity index (χ4v) is 2.84. The third kappa shape index (κ3) is 3.72. The predicted molar refractivity (Wildman–Crippen MR) is 96.4 cm³/mol. The zero-order valence-corrected chi connectivity index (χ0v) is 13.6. The molecule has 1 fully saturated rings. The van der Waals surface area contributed by atoms with Crippen LogP contribution in [0.3, 0.4) is 0 Å². The summed E-state index contributed by atoms with van der Waals surface area (Å²) >= 11 is 0. The summed E-state index contributed by atoms with van der Waals surface area (Å²) in [6.45, 7) is 0. The number of nitro benzene ring substituents is 2. The van der Waals surface area contributed by atoms with E-state index in [1.54, 1.807) is 36.4 Å². The highest BCUT2D eigenvalue weighted by molar-refractivity contribution is 6.15. The normalized spacial score (nSPS) is 17.0. The molecule has 2 aromatic rings. The lowest BCUT2D eigenvalue weighted by Gasteiger charge is -1.99. The number of Topliss-reactive ketones (excluding diaryl/α,β-unsaturated/α-hetero) is 1. The van der Waals surface area contributed by atoms with Crippen LogP contribution in [0.1, 0.15) is 24.0 Å². The second kappa shape index (κ2) is 7.10. The lowest BCUT2D eigenvalue weighted by Crippen LogP contribution is -1.96. The third-order valence-corrected chi connectivity index (χ3v) is 4.09.